The summed E-state index contributed by atoms with van der Waals surface area (Å²) in [6, 6.07) is 0. The van der Waals surface area contributed by atoms with Gasteiger partial charge in [-0.3, -0.25) is 4.79 Å². The molecule has 0 aromatic heterocycles. The van der Waals surface area contributed by atoms with Crippen LogP contribution in [-0.4, -0.2) is 12.6 Å². The first-order valence-electron chi connectivity index (χ1n) is 6.78. The second-order valence-corrected chi connectivity index (χ2v) is 4.94. The maximum absolute atomic E-state index is 11.4. The third-order valence-electron chi connectivity index (χ3n) is 2.85. The van der Waals surface area contributed by atoms with E-state index >= 15 is 0 Å². The molecule has 0 saturated carbocycles. The second kappa shape index (κ2) is 9.68. The van der Waals surface area contributed by atoms with Gasteiger partial charge in [0, 0.05) is 0 Å². The number of rotatable bonds is 9. The summed E-state index contributed by atoms with van der Waals surface area (Å²) in [5.74, 6) is 0.508. The maximum Gasteiger partial charge on any atom is 0.308 e. The van der Waals surface area contributed by atoms with Gasteiger partial charge in [0.05, 0.1) is 12.5 Å². The van der Waals surface area contributed by atoms with Gasteiger partial charge in [0.25, 0.3) is 0 Å². The molecule has 0 amide bonds. The van der Waals surface area contributed by atoms with E-state index in [0.717, 1.165) is 0 Å². The zero-order chi connectivity index (χ0) is 12.4. The van der Waals surface area contributed by atoms with Crippen molar-refractivity contribution in [3.05, 3.63) is 0 Å². The van der Waals surface area contributed by atoms with Gasteiger partial charge >= 0.3 is 5.97 Å². The number of hydrogen-bond donors (Lipinski definition) is 0. The van der Waals surface area contributed by atoms with Gasteiger partial charge in [-0.15, -0.1) is 0 Å². The molecule has 16 heavy (non-hydrogen) atoms. The van der Waals surface area contributed by atoms with E-state index in [0.29, 0.717) is 12.5 Å². The summed E-state index contributed by atoms with van der Waals surface area (Å²) in [5.41, 5.74) is 0. The second-order valence-electron chi connectivity index (χ2n) is 4.94. The Labute approximate surface area is 101 Å². The summed E-state index contributed by atoms with van der Waals surface area (Å²) >= 11 is 0. The largest absolute Gasteiger partial charge is 0.465 e. The van der Waals surface area contributed by atoms with Gasteiger partial charge in [0.15, 0.2) is 0 Å². The van der Waals surface area contributed by atoms with Gasteiger partial charge in [0.1, 0.15) is 0 Å². The van der Waals surface area contributed by atoms with Gasteiger partial charge in [-0.2, -0.15) is 0 Å². The highest BCUT2D eigenvalue weighted by atomic mass is 16.5. The van der Waals surface area contributed by atoms with Crippen LogP contribution in [0.25, 0.3) is 0 Å². The minimum atomic E-state index is -0.0587. The molecule has 0 aliphatic carbocycles. The minimum Gasteiger partial charge on any atom is -0.465 e. The van der Waals surface area contributed by atoms with Gasteiger partial charge in [-0.05, 0) is 18.8 Å². The van der Waals surface area contributed by atoms with Crippen LogP contribution in [0, 0.1) is 11.8 Å². The van der Waals surface area contributed by atoms with Crippen molar-refractivity contribution in [2.45, 2.75) is 66.2 Å². The van der Waals surface area contributed by atoms with Crippen molar-refractivity contribution in [1.82, 2.24) is 0 Å². The number of ether oxygens (including phenoxy) is 1. The van der Waals surface area contributed by atoms with Crippen molar-refractivity contribution in [2.24, 2.45) is 11.8 Å². The van der Waals surface area contributed by atoms with Crippen LogP contribution >= 0.6 is 0 Å². The first-order chi connectivity index (χ1) is 7.61. The molecule has 0 fully saturated rings. The van der Waals surface area contributed by atoms with Crippen molar-refractivity contribution < 1.29 is 9.53 Å². The summed E-state index contributed by atoms with van der Waals surface area (Å²) in [6.45, 7) is 8.79. The van der Waals surface area contributed by atoms with Crippen molar-refractivity contribution in [2.75, 3.05) is 6.61 Å². The summed E-state index contributed by atoms with van der Waals surface area (Å²) in [7, 11) is 0. The molecule has 0 spiro atoms. The quantitative estimate of drug-likeness (QED) is 0.437. The molecule has 0 heterocycles. The topological polar surface area (TPSA) is 26.3 Å². The molecule has 0 aromatic rings. The van der Waals surface area contributed by atoms with E-state index in [-0.39, 0.29) is 11.9 Å². The fourth-order valence-corrected chi connectivity index (χ4v) is 1.77. The van der Waals surface area contributed by atoms with Crippen LogP contribution in [0.15, 0.2) is 0 Å². The molecule has 0 aromatic carbocycles. The molecule has 0 aliphatic rings. The van der Waals surface area contributed by atoms with Crippen LogP contribution < -0.4 is 0 Å². The summed E-state index contributed by atoms with van der Waals surface area (Å²) < 4.78 is 5.31. The molecular formula is C14H28O2. The van der Waals surface area contributed by atoms with Crippen LogP contribution in [0.3, 0.4) is 0 Å². The maximum atomic E-state index is 11.4. The SMILES string of the molecule is CCCCCC(CCC)COC(=O)C(C)C. The fraction of sp³-hybridized carbons (Fsp3) is 0.929. The lowest BCUT2D eigenvalue weighted by atomic mass is 9.97. The smallest absolute Gasteiger partial charge is 0.308 e. The Hall–Kier alpha value is -0.530. The zero-order valence-electron chi connectivity index (χ0n) is 11.4. The van der Waals surface area contributed by atoms with Crippen molar-refractivity contribution in [3.63, 3.8) is 0 Å². The van der Waals surface area contributed by atoms with Crippen molar-refractivity contribution in [1.29, 1.82) is 0 Å². The van der Waals surface area contributed by atoms with E-state index in [1.54, 1.807) is 0 Å². The van der Waals surface area contributed by atoms with Crippen LogP contribution in [0.5, 0.6) is 0 Å². The Morgan fingerprint density at radius 1 is 1.06 bits per heavy atom. The number of esters is 1. The lowest BCUT2D eigenvalue weighted by Gasteiger charge is -2.16. The number of hydrogen-bond acceptors (Lipinski definition) is 2. The van der Waals surface area contributed by atoms with Gasteiger partial charge in [-0.1, -0.05) is 53.4 Å². The lowest BCUT2D eigenvalue weighted by Crippen LogP contribution is -2.17. The van der Waals surface area contributed by atoms with E-state index in [1.807, 2.05) is 13.8 Å². The Morgan fingerprint density at radius 3 is 2.25 bits per heavy atom. The Morgan fingerprint density at radius 2 is 1.75 bits per heavy atom. The first-order valence-corrected chi connectivity index (χ1v) is 6.78. The molecule has 0 bridgehead atoms. The predicted octanol–water partition coefficient (Wildman–Crippen LogP) is 4.18. The molecule has 1 unspecified atom stereocenters. The summed E-state index contributed by atoms with van der Waals surface area (Å²) in [4.78, 5) is 11.4. The summed E-state index contributed by atoms with van der Waals surface area (Å²) in [6.07, 6.45) is 7.36. The van der Waals surface area contributed by atoms with Crippen LogP contribution in [0.2, 0.25) is 0 Å². The number of unbranched alkanes of at least 4 members (excludes halogenated alkanes) is 2. The zero-order valence-corrected chi connectivity index (χ0v) is 11.4. The molecular weight excluding hydrogens is 200 g/mol. The van der Waals surface area contributed by atoms with Gasteiger partial charge in [-0.25, -0.2) is 0 Å². The molecule has 0 N–H and O–H groups in total. The lowest BCUT2D eigenvalue weighted by molar-refractivity contribution is -0.148. The molecule has 2 heteroatoms. The summed E-state index contributed by atoms with van der Waals surface area (Å²) in [5, 5.41) is 0. The van der Waals surface area contributed by atoms with E-state index in [2.05, 4.69) is 13.8 Å². The third-order valence-corrected chi connectivity index (χ3v) is 2.85. The standard InChI is InChI=1S/C14H28O2/c1-5-7-8-10-13(9-6-2)11-16-14(15)12(3)4/h12-13H,5-11H2,1-4H3. The predicted molar refractivity (Wildman–Crippen MR) is 68.3 cm³/mol. The molecule has 0 aliphatic heterocycles. The highest BCUT2D eigenvalue weighted by molar-refractivity contribution is 5.71. The first kappa shape index (κ1) is 15.5. The highest BCUT2D eigenvalue weighted by Crippen LogP contribution is 2.16. The molecule has 0 saturated heterocycles. The molecule has 96 valence electrons. The van der Waals surface area contributed by atoms with E-state index in [9.17, 15) is 4.79 Å². The normalized spacial score (nSPS) is 12.8. The third kappa shape index (κ3) is 7.72. The minimum absolute atomic E-state index is 0.00193. The Kier molecular flexibility index (Phi) is 9.36. The van der Waals surface area contributed by atoms with Gasteiger partial charge < -0.3 is 4.74 Å². The van der Waals surface area contributed by atoms with E-state index in [4.69, 9.17) is 4.74 Å². The molecule has 0 rings (SSSR count). The Balaban J connectivity index is 3.79. The van der Waals surface area contributed by atoms with Crippen LogP contribution in [0.4, 0.5) is 0 Å². The van der Waals surface area contributed by atoms with Crippen LogP contribution in [0.1, 0.15) is 66.2 Å². The highest BCUT2D eigenvalue weighted by Gasteiger charge is 2.13. The van der Waals surface area contributed by atoms with Crippen LogP contribution in [-0.2, 0) is 9.53 Å². The van der Waals surface area contributed by atoms with Crippen molar-refractivity contribution >= 4 is 5.97 Å². The Bertz CT molecular complexity index is 176. The molecule has 1 atom stereocenters. The molecule has 2 nitrogen and oxygen atoms in total. The van der Waals surface area contributed by atoms with E-state index in [1.165, 1.54) is 38.5 Å². The monoisotopic (exact) mass is 228 g/mol. The fourth-order valence-electron chi connectivity index (χ4n) is 1.77. The van der Waals surface area contributed by atoms with Crippen molar-refractivity contribution in [3.8, 4) is 0 Å². The average molecular weight is 228 g/mol. The molecule has 0 radical (unpaired) electrons. The average Bonchev–Trinajstić information content (AvgIpc) is 2.25. The number of carbonyl (C=O) groups is 1. The number of carbonyl (C=O) groups excluding carboxylic acids is 1. The van der Waals surface area contributed by atoms with E-state index < -0.39 is 0 Å². The van der Waals surface area contributed by atoms with Gasteiger partial charge in [0.2, 0.25) is 0 Å².